The second-order valence-corrected chi connectivity index (χ2v) is 16.7. The summed E-state index contributed by atoms with van der Waals surface area (Å²) in [6, 6.07) is 10.4. The van der Waals surface area contributed by atoms with Crippen molar-refractivity contribution in [3.8, 4) is 0 Å². The third kappa shape index (κ3) is 12.0. The summed E-state index contributed by atoms with van der Waals surface area (Å²) in [4.78, 5) is 0. The standard InChI is InChI=1S/C32H54O6Si/c1-26(28(34-6)20-12-14-23-35-30-22-13-15-24-36-30)17-16-21-29(37-25-33-5)31(27-18-10-9-11-19-27)38-39(7,8)32(2,3)4/h9-11,16-19,21,28-31H,12-15,20,22-25H2,1-8H3/b21-16+,26-17+/t28-,29-,30?,31-/m1/s1. The molecule has 1 aromatic carbocycles. The summed E-state index contributed by atoms with van der Waals surface area (Å²) < 4.78 is 35.7. The smallest absolute Gasteiger partial charge is 0.193 e. The third-order valence-electron chi connectivity index (χ3n) is 7.79. The fraction of sp³-hybridized carbons (Fsp3) is 0.688. The van der Waals surface area contributed by atoms with Crippen LogP contribution in [0.25, 0.3) is 0 Å². The first-order valence-corrected chi connectivity index (χ1v) is 17.4. The molecule has 7 heteroatoms. The normalized spacial score (nSPS) is 19.8. The van der Waals surface area contributed by atoms with E-state index >= 15 is 0 Å². The fourth-order valence-electron chi connectivity index (χ4n) is 4.30. The summed E-state index contributed by atoms with van der Waals surface area (Å²) in [5, 5.41) is 0.0756. The summed E-state index contributed by atoms with van der Waals surface area (Å²) >= 11 is 0. The number of rotatable bonds is 17. The first kappa shape index (κ1) is 33.9. The van der Waals surface area contributed by atoms with Crippen LogP contribution in [0.15, 0.2) is 54.1 Å². The Kier molecular flexibility index (Phi) is 15.2. The molecule has 0 bridgehead atoms. The summed E-state index contributed by atoms with van der Waals surface area (Å²) in [5.41, 5.74) is 2.28. The summed E-state index contributed by atoms with van der Waals surface area (Å²) in [6.45, 7) is 15.2. The Bertz CT molecular complexity index is 842. The summed E-state index contributed by atoms with van der Waals surface area (Å²) in [7, 11) is 1.35. The zero-order valence-corrected chi connectivity index (χ0v) is 26.7. The average molecular weight is 563 g/mol. The highest BCUT2D eigenvalue weighted by molar-refractivity contribution is 6.74. The molecule has 0 amide bonds. The summed E-state index contributed by atoms with van der Waals surface area (Å²) in [6.07, 6.45) is 12.1. The first-order chi connectivity index (χ1) is 18.6. The molecule has 1 aliphatic rings. The molecule has 4 atom stereocenters. The van der Waals surface area contributed by atoms with Gasteiger partial charge in [0.2, 0.25) is 0 Å². The van der Waals surface area contributed by atoms with Gasteiger partial charge in [0.1, 0.15) is 19.0 Å². The van der Waals surface area contributed by atoms with Gasteiger partial charge in [-0.1, -0.05) is 69.3 Å². The highest BCUT2D eigenvalue weighted by Gasteiger charge is 2.41. The second-order valence-electron chi connectivity index (χ2n) is 11.9. The fourth-order valence-corrected chi connectivity index (χ4v) is 5.56. The van der Waals surface area contributed by atoms with Gasteiger partial charge in [-0.3, -0.25) is 0 Å². The molecule has 1 aliphatic heterocycles. The number of benzene rings is 1. The molecule has 1 aromatic rings. The lowest BCUT2D eigenvalue weighted by Crippen LogP contribution is -2.44. The van der Waals surface area contributed by atoms with Gasteiger partial charge in [-0.15, -0.1) is 0 Å². The van der Waals surface area contributed by atoms with Crippen molar-refractivity contribution in [1.82, 2.24) is 0 Å². The Morgan fingerprint density at radius 1 is 1.10 bits per heavy atom. The highest BCUT2D eigenvalue weighted by atomic mass is 28.4. The third-order valence-corrected chi connectivity index (χ3v) is 12.2. The predicted octanol–water partition coefficient (Wildman–Crippen LogP) is 7.97. The highest BCUT2D eigenvalue weighted by Crippen LogP contribution is 2.41. The van der Waals surface area contributed by atoms with Gasteiger partial charge in [-0.2, -0.15) is 0 Å². The van der Waals surface area contributed by atoms with Crippen LogP contribution in [-0.4, -0.2) is 61.0 Å². The maximum Gasteiger partial charge on any atom is 0.193 e. The van der Waals surface area contributed by atoms with Crippen LogP contribution >= 0.6 is 0 Å². The molecular formula is C32H54O6Si. The minimum Gasteiger partial charge on any atom is -0.407 e. The lowest BCUT2D eigenvalue weighted by atomic mass is 10.0. The molecule has 1 unspecified atom stereocenters. The lowest BCUT2D eigenvalue weighted by molar-refractivity contribution is -0.162. The number of hydrogen-bond donors (Lipinski definition) is 0. The first-order valence-electron chi connectivity index (χ1n) is 14.5. The van der Waals surface area contributed by atoms with Crippen LogP contribution in [0.2, 0.25) is 18.1 Å². The Labute approximate surface area is 239 Å². The van der Waals surface area contributed by atoms with E-state index in [1.54, 1.807) is 14.2 Å². The zero-order chi connectivity index (χ0) is 28.7. The van der Waals surface area contributed by atoms with Gasteiger partial charge in [0, 0.05) is 27.4 Å². The molecule has 1 saturated heterocycles. The Morgan fingerprint density at radius 2 is 1.85 bits per heavy atom. The van der Waals surface area contributed by atoms with Gasteiger partial charge in [0.15, 0.2) is 14.6 Å². The SMILES string of the molecule is COCO[C@H](/C=C/C=C(\C)[C@@H](CCCCOC1CCCCO1)OC)[C@H](O[Si](C)(C)C(C)(C)C)c1ccccc1. The van der Waals surface area contributed by atoms with Gasteiger partial charge < -0.3 is 28.1 Å². The van der Waals surface area contributed by atoms with E-state index in [1.807, 2.05) is 6.07 Å². The van der Waals surface area contributed by atoms with Gasteiger partial charge in [-0.05, 0) is 74.7 Å². The van der Waals surface area contributed by atoms with Gasteiger partial charge in [0.05, 0.1) is 6.10 Å². The molecule has 0 radical (unpaired) electrons. The van der Waals surface area contributed by atoms with Crippen molar-refractivity contribution in [3.63, 3.8) is 0 Å². The van der Waals surface area contributed by atoms with Crippen molar-refractivity contribution in [2.24, 2.45) is 0 Å². The molecule has 0 aliphatic carbocycles. The lowest BCUT2D eigenvalue weighted by Gasteiger charge is -2.41. The minimum atomic E-state index is -2.08. The topological polar surface area (TPSA) is 55.4 Å². The van der Waals surface area contributed by atoms with Gasteiger partial charge >= 0.3 is 0 Å². The van der Waals surface area contributed by atoms with Crippen molar-refractivity contribution >= 4 is 8.32 Å². The molecule has 0 spiro atoms. The van der Waals surface area contributed by atoms with Crippen LogP contribution in [0.3, 0.4) is 0 Å². The van der Waals surface area contributed by atoms with Crippen molar-refractivity contribution in [3.05, 3.63) is 59.7 Å². The van der Waals surface area contributed by atoms with E-state index in [9.17, 15) is 0 Å². The van der Waals surface area contributed by atoms with Crippen LogP contribution in [0.1, 0.15) is 77.9 Å². The van der Waals surface area contributed by atoms with E-state index in [0.717, 1.165) is 50.9 Å². The molecule has 0 N–H and O–H groups in total. The Balaban J connectivity index is 2.06. The molecule has 0 saturated carbocycles. The van der Waals surface area contributed by atoms with Crippen LogP contribution in [0.5, 0.6) is 0 Å². The van der Waals surface area contributed by atoms with Crippen molar-refractivity contribution in [2.45, 2.75) is 109 Å². The number of hydrogen-bond acceptors (Lipinski definition) is 6. The number of unbranched alkanes of at least 4 members (excludes halogenated alkanes) is 1. The Morgan fingerprint density at radius 3 is 2.46 bits per heavy atom. The van der Waals surface area contributed by atoms with Gasteiger partial charge in [0.25, 0.3) is 0 Å². The van der Waals surface area contributed by atoms with E-state index in [2.05, 4.69) is 83.3 Å². The molecule has 1 heterocycles. The zero-order valence-electron chi connectivity index (χ0n) is 25.7. The second kappa shape index (κ2) is 17.5. The molecule has 1 fully saturated rings. The maximum absolute atomic E-state index is 6.93. The molecule has 6 nitrogen and oxygen atoms in total. The summed E-state index contributed by atoms with van der Waals surface area (Å²) in [5.74, 6) is 0. The molecule has 39 heavy (non-hydrogen) atoms. The van der Waals surface area contributed by atoms with E-state index in [-0.39, 0.29) is 36.4 Å². The number of methoxy groups -OCH3 is 2. The van der Waals surface area contributed by atoms with Crippen molar-refractivity contribution < 1.29 is 28.1 Å². The minimum absolute atomic E-state index is 0.0163. The van der Waals surface area contributed by atoms with Crippen molar-refractivity contribution in [2.75, 3.05) is 34.2 Å². The van der Waals surface area contributed by atoms with E-state index in [1.165, 1.54) is 12.0 Å². The molecule has 2 rings (SSSR count). The maximum atomic E-state index is 6.93. The van der Waals surface area contributed by atoms with Crippen LogP contribution in [0.4, 0.5) is 0 Å². The quantitative estimate of drug-likeness (QED) is 0.0831. The van der Waals surface area contributed by atoms with Gasteiger partial charge in [-0.25, -0.2) is 0 Å². The Hall–Kier alpha value is -1.32. The molecular weight excluding hydrogens is 508 g/mol. The van der Waals surface area contributed by atoms with E-state index in [4.69, 9.17) is 28.1 Å². The number of ether oxygens (including phenoxy) is 5. The van der Waals surface area contributed by atoms with Crippen LogP contribution < -0.4 is 0 Å². The number of allylic oxidation sites excluding steroid dienone is 2. The average Bonchev–Trinajstić information content (AvgIpc) is 2.91. The largest absolute Gasteiger partial charge is 0.407 e. The molecule has 0 aromatic heterocycles. The van der Waals surface area contributed by atoms with Crippen LogP contribution in [0, 0.1) is 0 Å². The van der Waals surface area contributed by atoms with Crippen molar-refractivity contribution in [1.29, 1.82) is 0 Å². The monoisotopic (exact) mass is 562 g/mol. The molecule has 222 valence electrons. The van der Waals surface area contributed by atoms with Crippen LogP contribution in [-0.2, 0) is 28.1 Å². The predicted molar refractivity (Wildman–Crippen MR) is 161 cm³/mol. The van der Waals surface area contributed by atoms with E-state index in [0.29, 0.717) is 0 Å². The van der Waals surface area contributed by atoms with E-state index < -0.39 is 8.32 Å².